The van der Waals surface area contributed by atoms with Gasteiger partial charge in [-0.25, -0.2) is 0 Å². The predicted molar refractivity (Wildman–Crippen MR) is 105 cm³/mol. The van der Waals surface area contributed by atoms with E-state index in [0.29, 0.717) is 12.0 Å². The first-order chi connectivity index (χ1) is 10.2. The molecule has 1 saturated heterocycles. The van der Waals surface area contributed by atoms with Gasteiger partial charge in [-0.3, -0.25) is 4.99 Å². The average Bonchev–Trinajstić information content (AvgIpc) is 2.49. The van der Waals surface area contributed by atoms with E-state index in [4.69, 9.17) is 9.73 Å². The fourth-order valence-corrected chi connectivity index (χ4v) is 2.66. The standard InChI is InChI=1S/C16H34N4O.HI/c1-5-17-16(18-9-11-21-6-2)19-12-15-8-7-10-20(13-15)14(3)4;/h14-15H,5-13H2,1-4H3,(H2,17,18,19);1H. The summed E-state index contributed by atoms with van der Waals surface area (Å²) in [7, 11) is 0. The van der Waals surface area contributed by atoms with Gasteiger partial charge in [0.2, 0.25) is 0 Å². The van der Waals surface area contributed by atoms with Gasteiger partial charge in [0.1, 0.15) is 0 Å². The Kier molecular flexibility index (Phi) is 13.3. The van der Waals surface area contributed by atoms with Crippen molar-refractivity contribution in [2.24, 2.45) is 10.9 Å². The number of halogens is 1. The third kappa shape index (κ3) is 9.15. The molecule has 1 rings (SSSR count). The lowest BCUT2D eigenvalue weighted by Crippen LogP contribution is -2.42. The van der Waals surface area contributed by atoms with E-state index < -0.39 is 0 Å². The highest BCUT2D eigenvalue weighted by molar-refractivity contribution is 14.0. The molecule has 0 radical (unpaired) electrons. The van der Waals surface area contributed by atoms with Crippen LogP contribution in [0.3, 0.4) is 0 Å². The number of hydrogen-bond donors (Lipinski definition) is 2. The maximum Gasteiger partial charge on any atom is 0.191 e. The van der Waals surface area contributed by atoms with Crippen molar-refractivity contribution in [1.29, 1.82) is 0 Å². The van der Waals surface area contributed by atoms with Gasteiger partial charge in [0.25, 0.3) is 0 Å². The minimum absolute atomic E-state index is 0. The number of aliphatic imine (C=N–C) groups is 1. The van der Waals surface area contributed by atoms with Crippen LogP contribution in [0.2, 0.25) is 0 Å². The molecule has 1 heterocycles. The minimum Gasteiger partial charge on any atom is -0.380 e. The molecular formula is C16H35IN4O. The zero-order valence-corrected chi connectivity index (χ0v) is 17.1. The van der Waals surface area contributed by atoms with Gasteiger partial charge in [0.05, 0.1) is 6.61 Å². The van der Waals surface area contributed by atoms with Crippen LogP contribution in [-0.2, 0) is 4.74 Å². The molecule has 22 heavy (non-hydrogen) atoms. The first-order valence-corrected chi connectivity index (χ1v) is 8.51. The summed E-state index contributed by atoms with van der Waals surface area (Å²) in [6, 6.07) is 0.648. The molecule has 1 aliphatic heterocycles. The Morgan fingerprint density at radius 1 is 1.32 bits per heavy atom. The minimum atomic E-state index is 0. The van der Waals surface area contributed by atoms with Crippen LogP contribution in [0.5, 0.6) is 0 Å². The van der Waals surface area contributed by atoms with Gasteiger partial charge in [-0.1, -0.05) is 0 Å². The summed E-state index contributed by atoms with van der Waals surface area (Å²) >= 11 is 0. The topological polar surface area (TPSA) is 48.9 Å². The van der Waals surface area contributed by atoms with E-state index in [-0.39, 0.29) is 24.0 Å². The Morgan fingerprint density at radius 2 is 2.09 bits per heavy atom. The molecule has 132 valence electrons. The summed E-state index contributed by atoms with van der Waals surface area (Å²) in [6.45, 7) is 15.2. The van der Waals surface area contributed by atoms with E-state index in [0.717, 1.165) is 38.8 Å². The van der Waals surface area contributed by atoms with Gasteiger partial charge in [0.15, 0.2) is 5.96 Å². The Balaban J connectivity index is 0.00000441. The highest BCUT2D eigenvalue weighted by Crippen LogP contribution is 2.18. The molecule has 1 fully saturated rings. The second kappa shape index (κ2) is 13.4. The van der Waals surface area contributed by atoms with Crippen molar-refractivity contribution < 1.29 is 4.74 Å². The Hall–Kier alpha value is -0.0800. The van der Waals surface area contributed by atoms with Crippen molar-refractivity contribution in [3.05, 3.63) is 0 Å². The normalized spacial score (nSPS) is 19.9. The first-order valence-electron chi connectivity index (χ1n) is 8.51. The zero-order chi connectivity index (χ0) is 15.5. The molecule has 0 aromatic carbocycles. The number of ether oxygens (including phenoxy) is 1. The molecule has 1 aliphatic rings. The van der Waals surface area contributed by atoms with Crippen LogP contribution in [0.15, 0.2) is 4.99 Å². The molecule has 0 amide bonds. The third-order valence-corrected chi connectivity index (χ3v) is 3.88. The molecule has 1 atom stereocenters. The summed E-state index contributed by atoms with van der Waals surface area (Å²) in [6.07, 6.45) is 2.59. The number of rotatable bonds is 8. The molecule has 0 aromatic heterocycles. The zero-order valence-electron chi connectivity index (χ0n) is 14.7. The van der Waals surface area contributed by atoms with Gasteiger partial charge < -0.3 is 20.3 Å². The molecule has 0 spiro atoms. The number of guanidine groups is 1. The lowest BCUT2D eigenvalue weighted by atomic mass is 9.97. The SMILES string of the molecule is CCNC(=NCC1CCCN(C(C)C)C1)NCCOCC.I. The van der Waals surface area contributed by atoms with Crippen molar-refractivity contribution in [1.82, 2.24) is 15.5 Å². The van der Waals surface area contributed by atoms with Crippen molar-refractivity contribution in [3.63, 3.8) is 0 Å². The fraction of sp³-hybridized carbons (Fsp3) is 0.938. The van der Waals surface area contributed by atoms with Crippen LogP contribution in [0.1, 0.15) is 40.5 Å². The van der Waals surface area contributed by atoms with Gasteiger partial charge in [-0.2, -0.15) is 0 Å². The molecule has 2 N–H and O–H groups in total. The summed E-state index contributed by atoms with van der Waals surface area (Å²) < 4.78 is 5.34. The van der Waals surface area contributed by atoms with Crippen molar-refractivity contribution in [2.75, 3.05) is 45.9 Å². The number of nitrogens with zero attached hydrogens (tertiary/aromatic N) is 2. The Labute approximate surface area is 153 Å². The lowest BCUT2D eigenvalue weighted by molar-refractivity contribution is 0.143. The van der Waals surface area contributed by atoms with Crippen LogP contribution < -0.4 is 10.6 Å². The summed E-state index contributed by atoms with van der Waals surface area (Å²) in [5.74, 6) is 1.60. The molecule has 0 aliphatic carbocycles. The number of hydrogen-bond acceptors (Lipinski definition) is 3. The Morgan fingerprint density at radius 3 is 2.73 bits per heavy atom. The molecule has 0 bridgehead atoms. The lowest BCUT2D eigenvalue weighted by Gasteiger charge is -2.34. The average molecular weight is 426 g/mol. The van der Waals surface area contributed by atoms with E-state index in [1.807, 2.05) is 6.92 Å². The molecule has 5 nitrogen and oxygen atoms in total. The number of nitrogens with one attached hydrogen (secondary N) is 2. The fourth-order valence-electron chi connectivity index (χ4n) is 2.66. The van der Waals surface area contributed by atoms with Crippen LogP contribution >= 0.6 is 24.0 Å². The summed E-state index contributed by atoms with van der Waals surface area (Å²) in [4.78, 5) is 7.31. The van der Waals surface area contributed by atoms with E-state index in [9.17, 15) is 0 Å². The Bertz CT molecular complexity index is 300. The predicted octanol–water partition coefficient (Wildman–Crippen LogP) is 2.32. The van der Waals surface area contributed by atoms with Crippen molar-refractivity contribution >= 4 is 29.9 Å². The second-order valence-corrected chi connectivity index (χ2v) is 5.94. The van der Waals surface area contributed by atoms with Crippen LogP contribution in [0, 0.1) is 5.92 Å². The second-order valence-electron chi connectivity index (χ2n) is 5.94. The first kappa shape index (κ1) is 21.9. The van der Waals surface area contributed by atoms with Gasteiger partial charge in [0, 0.05) is 38.8 Å². The van der Waals surface area contributed by atoms with Gasteiger partial charge in [-0.05, 0) is 53.0 Å². The van der Waals surface area contributed by atoms with E-state index in [2.05, 4.69) is 36.3 Å². The van der Waals surface area contributed by atoms with E-state index in [1.54, 1.807) is 0 Å². The van der Waals surface area contributed by atoms with E-state index >= 15 is 0 Å². The monoisotopic (exact) mass is 426 g/mol. The van der Waals surface area contributed by atoms with Crippen molar-refractivity contribution in [3.8, 4) is 0 Å². The number of likely N-dealkylation sites (tertiary alicyclic amines) is 1. The summed E-state index contributed by atoms with van der Waals surface area (Å²) in [5, 5.41) is 6.63. The summed E-state index contributed by atoms with van der Waals surface area (Å²) in [5.41, 5.74) is 0. The van der Waals surface area contributed by atoms with Crippen molar-refractivity contribution in [2.45, 2.75) is 46.6 Å². The van der Waals surface area contributed by atoms with Crippen LogP contribution in [-0.4, -0.2) is 62.8 Å². The molecular weight excluding hydrogens is 391 g/mol. The maximum absolute atomic E-state index is 5.34. The van der Waals surface area contributed by atoms with Crippen LogP contribution in [0.4, 0.5) is 0 Å². The van der Waals surface area contributed by atoms with Gasteiger partial charge >= 0.3 is 0 Å². The molecule has 1 unspecified atom stereocenters. The molecule has 0 aromatic rings. The smallest absolute Gasteiger partial charge is 0.191 e. The van der Waals surface area contributed by atoms with E-state index in [1.165, 1.54) is 25.9 Å². The number of piperidine rings is 1. The largest absolute Gasteiger partial charge is 0.380 e. The highest BCUT2D eigenvalue weighted by atomic mass is 127. The van der Waals surface area contributed by atoms with Gasteiger partial charge in [-0.15, -0.1) is 24.0 Å². The highest BCUT2D eigenvalue weighted by Gasteiger charge is 2.21. The van der Waals surface area contributed by atoms with Crippen LogP contribution in [0.25, 0.3) is 0 Å². The quantitative estimate of drug-likeness (QED) is 0.271. The third-order valence-electron chi connectivity index (χ3n) is 3.88. The maximum atomic E-state index is 5.34. The molecule has 0 saturated carbocycles. The molecule has 6 heteroatoms.